The Kier molecular flexibility index (Phi) is 10.7. The summed E-state index contributed by atoms with van der Waals surface area (Å²) >= 11 is 0. The average molecular weight is 316 g/mol. The van der Waals surface area contributed by atoms with Crippen LogP contribution in [0.25, 0.3) is 0 Å². The molecule has 0 aromatic rings. The Bertz CT molecular complexity index is 295. The average Bonchev–Trinajstić information content (AvgIpc) is 2.89. The highest BCUT2D eigenvalue weighted by Gasteiger charge is 2.40. The number of aliphatic hydroxyl groups excluding tert-OH is 3. The van der Waals surface area contributed by atoms with Crippen molar-refractivity contribution >= 4 is 0 Å². The van der Waals surface area contributed by atoms with Crippen molar-refractivity contribution < 1.29 is 24.8 Å². The molecule has 4 atom stereocenters. The van der Waals surface area contributed by atoms with E-state index in [4.69, 9.17) is 14.6 Å². The van der Waals surface area contributed by atoms with E-state index in [-0.39, 0.29) is 6.61 Å². The summed E-state index contributed by atoms with van der Waals surface area (Å²) < 4.78 is 10.9. The SMILES string of the molecule is CCCCCC/C=C/CCCO[C@H]1[C@@H]([C@H](O)CO)OC[C@@H]1O. The molecular weight excluding hydrogens is 284 g/mol. The zero-order valence-corrected chi connectivity index (χ0v) is 13.7. The molecule has 0 radical (unpaired) electrons. The molecule has 5 nitrogen and oxygen atoms in total. The van der Waals surface area contributed by atoms with Crippen LogP contribution in [0, 0.1) is 0 Å². The third-order valence-electron chi connectivity index (χ3n) is 3.95. The zero-order chi connectivity index (χ0) is 16.2. The number of hydrogen-bond acceptors (Lipinski definition) is 5. The molecule has 3 N–H and O–H groups in total. The molecule has 0 spiro atoms. The summed E-state index contributed by atoms with van der Waals surface area (Å²) in [5.41, 5.74) is 0. The predicted molar refractivity (Wildman–Crippen MR) is 85.7 cm³/mol. The number of unbranched alkanes of at least 4 members (excludes halogenated alkanes) is 5. The smallest absolute Gasteiger partial charge is 0.114 e. The molecule has 0 unspecified atom stereocenters. The van der Waals surface area contributed by atoms with Gasteiger partial charge in [-0.3, -0.25) is 0 Å². The summed E-state index contributed by atoms with van der Waals surface area (Å²) in [7, 11) is 0. The Morgan fingerprint density at radius 3 is 2.59 bits per heavy atom. The molecule has 130 valence electrons. The highest BCUT2D eigenvalue weighted by Crippen LogP contribution is 2.21. The Labute approximate surface area is 133 Å². The standard InChI is InChI=1S/C17H32O5/c1-2-3-4-5-6-7-8-9-10-11-21-17-15(20)13-22-16(17)14(19)12-18/h7-8,14-20H,2-6,9-13H2,1H3/b8-7+/t14-,15+,16-,17-/m1/s1. The first-order chi connectivity index (χ1) is 10.7. The fourth-order valence-electron chi connectivity index (χ4n) is 2.60. The van der Waals surface area contributed by atoms with E-state index in [1.165, 1.54) is 25.7 Å². The van der Waals surface area contributed by atoms with E-state index in [1.54, 1.807) is 0 Å². The van der Waals surface area contributed by atoms with E-state index in [0.717, 1.165) is 19.3 Å². The van der Waals surface area contributed by atoms with Crippen LogP contribution in [0.5, 0.6) is 0 Å². The molecule has 1 fully saturated rings. The monoisotopic (exact) mass is 316 g/mol. The molecular formula is C17H32O5. The van der Waals surface area contributed by atoms with Gasteiger partial charge in [-0.05, 0) is 25.7 Å². The van der Waals surface area contributed by atoms with Gasteiger partial charge in [-0.2, -0.15) is 0 Å². The van der Waals surface area contributed by atoms with Crippen molar-refractivity contribution in [2.24, 2.45) is 0 Å². The first kappa shape index (κ1) is 19.6. The van der Waals surface area contributed by atoms with Crippen LogP contribution in [0.15, 0.2) is 12.2 Å². The van der Waals surface area contributed by atoms with Gasteiger partial charge >= 0.3 is 0 Å². The maximum absolute atomic E-state index is 9.79. The summed E-state index contributed by atoms with van der Waals surface area (Å²) in [4.78, 5) is 0. The second-order valence-corrected chi connectivity index (χ2v) is 5.91. The van der Waals surface area contributed by atoms with Crippen LogP contribution < -0.4 is 0 Å². The zero-order valence-electron chi connectivity index (χ0n) is 13.7. The normalized spacial score (nSPS) is 26.8. The molecule has 1 aliphatic rings. The van der Waals surface area contributed by atoms with Gasteiger partial charge in [0.2, 0.25) is 0 Å². The number of allylic oxidation sites excluding steroid dienone is 2. The third-order valence-corrected chi connectivity index (χ3v) is 3.95. The minimum atomic E-state index is -1.01. The minimum Gasteiger partial charge on any atom is -0.394 e. The number of rotatable bonds is 12. The third kappa shape index (κ3) is 7.20. The number of hydrogen-bond donors (Lipinski definition) is 3. The molecule has 1 rings (SSSR count). The maximum atomic E-state index is 9.79. The lowest BCUT2D eigenvalue weighted by Gasteiger charge is -2.23. The molecule has 0 amide bonds. The lowest BCUT2D eigenvalue weighted by Crippen LogP contribution is -2.42. The summed E-state index contributed by atoms with van der Waals surface area (Å²) in [5.74, 6) is 0. The lowest BCUT2D eigenvalue weighted by atomic mass is 10.1. The van der Waals surface area contributed by atoms with E-state index >= 15 is 0 Å². The van der Waals surface area contributed by atoms with Gasteiger partial charge in [0, 0.05) is 6.61 Å². The molecule has 22 heavy (non-hydrogen) atoms. The van der Waals surface area contributed by atoms with Gasteiger partial charge in [-0.25, -0.2) is 0 Å². The lowest BCUT2D eigenvalue weighted by molar-refractivity contribution is -0.0935. The number of aliphatic hydroxyl groups is 3. The highest BCUT2D eigenvalue weighted by atomic mass is 16.6. The van der Waals surface area contributed by atoms with Crippen molar-refractivity contribution in [3.8, 4) is 0 Å². The second-order valence-electron chi connectivity index (χ2n) is 5.91. The molecule has 0 aromatic carbocycles. The molecule has 0 aromatic heterocycles. The Balaban J connectivity index is 2.09. The Morgan fingerprint density at radius 1 is 1.18 bits per heavy atom. The van der Waals surface area contributed by atoms with E-state index in [9.17, 15) is 10.2 Å². The van der Waals surface area contributed by atoms with Crippen molar-refractivity contribution in [3.05, 3.63) is 12.2 Å². The van der Waals surface area contributed by atoms with Crippen molar-refractivity contribution in [3.63, 3.8) is 0 Å². The largest absolute Gasteiger partial charge is 0.394 e. The van der Waals surface area contributed by atoms with Crippen LogP contribution in [0.3, 0.4) is 0 Å². The summed E-state index contributed by atoms with van der Waals surface area (Å²) in [6.07, 6.45) is 9.56. The molecule has 0 bridgehead atoms. The van der Waals surface area contributed by atoms with Crippen LogP contribution in [0.2, 0.25) is 0 Å². The Hall–Kier alpha value is -0.460. The summed E-state index contributed by atoms with van der Waals surface area (Å²) in [6.45, 7) is 2.48. The molecule has 1 heterocycles. The fourth-order valence-corrected chi connectivity index (χ4v) is 2.60. The minimum absolute atomic E-state index is 0.143. The Morgan fingerprint density at radius 2 is 1.91 bits per heavy atom. The molecule has 0 aliphatic carbocycles. The van der Waals surface area contributed by atoms with E-state index in [2.05, 4.69) is 19.1 Å². The van der Waals surface area contributed by atoms with Crippen LogP contribution in [0.4, 0.5) is 0 Å². The van der Waals surface area contributed by atoms with E-state index in [0.29, 0.717) is 6.61 Å². The van der Waals surface area contributed by atoms with Gasteiger partial charge in [0.05, 0.1) is 13.2 Å². The summed E-state index contributed by atoms with van der Waals surface area (Å²) in [5, 5.41) is 28.4. The fraction of sp³-hybridized carbons (Fsp3) is 0.882. The molecule has 5 heteroatoms. The summed E-state index contributed by atoms with van der Waals surface area (Å²) in [6, 6.07) is 0. The van der Waals surface area contributed by atoms with Crippen LogP contribution >= 0.6 is 0 Å². The van der Waals surface area contributed by atoms with Crippen LogP contribution in [-0.4, -0.2) is 59.6 Å². The first-order valence-electron chi connectivity index (χ1n) is 8.55. The highest BCUT2D eigenvalue weighted by molar-refractivity contribution is 4.89. The van der Waals surface area contributed by atoms with Gasteiger partial charge in [0.1, 0.15) is 24.4 Å². The van der Waals surface area contributed by atoms with Gasteiger partial charge < -0.3 is 24.8 Å². The van der Waals surface area contributed by atoms with Crippen LogP contribution in [-0.2, 0) is 9.47 Å². The molecule has 0 saturated carbocycles. The predicted octanol–water partition coefficient (Wildman–Crippen LogP) is 1.79. The first-order valence-corrected chi connectivity index (χ1v) is 8.55. The van der Waals surface area contributed by atoms with Crippen LogP contribution in [0.1, 0.15) is 51.9 Å². The quantitative estimate of drug-likeness (QED) is 0.378. The van der Waals surface area contributed by atoms with Crippen molar-refractivity contribution in [2.45, 2.75) is 76.3 Å². The maximum Gasteiger partial charge on any atom is 0.114 e. The van der Waals surface area contributed by atoms with Gasteiger partial charge in [-0.1, -0.05) is 38.3 Å². The van der Waals surface area contributed by atoms with E-state index < -0.39 is 31.0 Å². The van der Waals surface area contributed by atoms with Gasteiger partial charge in [0.15, 0.2) is 0 Å². The van der Waals surface area contributed by atoms with Gasteiger partial charge in [-0.15, -0.1) is 0 Å². The second kappa shape index (κ2) is 12.0. The van der Waals surface area contributed by atoms with Crippen molar-refractivity contribution in [1.29, 1.82) is 0 Å². The topological polar surface area (TPSA) is 79.2 Å². The molecule has 1 aliphatic heterocycles. The van der Waals surface area contributed by atoms with Crippen molar-refractivity contribution in [1.82, 2.24) is 0 Å². The molecule has 1 saturated heterocycles. The number of ether oxygens (including phenoxy) is 2. The van der Waals surface area contributed by atoms with Crippen molar-refractivity contribution in [2.75, 3.05) is 19.8 Å². The van der Waals surface area contributed by atoms with Gasteiger partial charge in [0.25, 0.3) is 0 Å². The van der Waals surface area contributed by atoms with E-state index in [1.807, 2.05) is 0 Å².